The van der Waals surface area contributed by atoms with Crippen LogP contribution in [0.25, 0.3) is 0 Å². The Morgan fingerprint density at radius 2 is 2.12 bits per heavy atom. The molecular formula is C27H34N4O2. The Kier molecular flexibility index (Phi) is 6.71. The van der Waals surface area contributed by atoms with Crippen LogP contribution in [0.15, 0.2) is 24.4 Å². The third-order valence-electron chi connectivity index (χ3n) is 7.21. The molecule has 1 heterocycles. The monoisotopic (exact) mass is 446 g/mol. The minimum atomic E-state index is -0.290. The first-order chi connectivity index (χ1) is 15.8. The Hall–Kier alpha value is -2.91. The zero-order valence-electron chi connectivity index (χ0n) is 19.8. The van der Waals surface area contributed by atoms with Gasteiger partial charge in [0.05, 0.1) is 17.9 Å². The number of aliphatic hydroxyl groups is 1. The predicted octanol–water partition coefficient (Wildman–Crippen LogP) is 4.08. The summed E-state index contributed by atoms with van der Waals surface area (Å²) in [5, 5.41) is 17.0. The van der Waals surface area contributed by atoms with Gasteiger partial charge < -0.3 is 15.7 Å². The van der Waals surface area contributed by atoms with Crippen LogP contribution in [0.4, 0.5) is 11.8 Å². The number of terminal acetylenes is 1. The van der Waals surface area contributed by atoms with Gasteiger partial charge in [-0.1, -0.05) is 44.9 Å². The average Bonchev–Trinajstić information content (AvgIpc) is 3.10. The second kappa shape index (κ2) is 9.52. The molecule has 1 unspecified atom stereocenters. The molecule has 0 radical (unpaired) electrons. The molecule has 2 aliphatic carbocycles. The van der Waals surface area contributed by atoms with Crippen LogP contribution in [-0.4, -0.2) is 39.5 Å². The van der Waals surface area contributed by atoms with Crippen molar-refractivity contribution in [1.82, 2.24) is 9.97 Å². The molecule has 0 amide bonds. The third-order valence-corrected chi connectivity index (χ3v) is 7.21. The van der Waals surface area contributed by atoms with Gasteiger partial charge in [0, 0.05) is 24.9 Å². The van der Waals surface area contributed by atoms with Crippen molar-refractivity contribution < 1.29 is 9.90 Å². The SMILES string of the molecule is C#Cc1cnc(NCCC2C(=O)Cc3ccc(CC)cc32)nc1N[C@@H]1CC[C@H](O)C(C)(C)C1. The van der Waals surface area contributed by atoms with E-state index in [4.69, 9.17) is 6.42 Å². The number of aromatic nitrogens is 2. The van der Waals surface area contributed by atoms with Crippen molar-refractivity contribution in [3.05, 3.63) is 46.6 Å². The number of aliphatic hydroxyl groups excluding tert-OH is 1. The van der Waals surface area contributed by atoms with E-state index in [-0.39, 0.29) is 29.3 Å². The Bertz CT molecular complexity index is 1070. The van der Waals surface area contributed by atoms with Gasteiger partial charge in [-0.25, -0.2) is 4.98 Å². The Morgan fingerprint density at radius 1 is 1.30 bits per heavy atom. The summed E-state index contributed by atoms with van der Waals surface area (Å²) in [6.45, 7) is 6.91. The molecule has 0 bridgehead atoms. The van der Waals surface area contributed by atoms with Crippen molar-refractivity contribution in [3.8, 4) is 12.3 Å². The number of carbonyl (C=O) groups is 1. The number of ketones is 1. The first-order valence-electron chi connectivity index (χ1n) is 12.0. The third kappa shape index (κ3) is 5.04. The van der Waals surface area contributed by atoms with Crippen LogP contribution in [0, 0.1) is 17.8 Å². The number of fused-ring (bicyclic) bond motifs is 1. The summed E-state index contributed by atoms with van der Waals surface area (Å²) in [5.41, 5.74) is 4.07. The van der Waals surface area contributed by atoms with Crippen molar-refractivity contribution in [3.63, 3.8) is 0 Å². The number of rotatable bonds is 7. The highest BCUT2D eigenvalue weighted by atomic mass is 16.3. The Labute approximate surface area is 196 Å². The molecule has 1 fully saturated rings. The van der Waals surface area contributed by atoms with Gasteiger partial charge in [0.25, 0.3) is 0 Å². The van der Waals surface area contributed by atoms with E-state index in [1.807, 2.05) is 0 Å². The van der Waals surface area contributed by atoms with Crippen molar-refractivity contribution in [2.75, 3.05) is 17.2 Å². The van der Waals surface area contributed by atoms with E-state index in [1.54, 1.807) is 6.20 Å². The quantitative estimate of drug-likeness (QED) is 0.556. The van der Waals surface area contributed by atoms with Gasteiger partial charge >= 0.3 is 0 Å². The molecule has 0 aliphatic heterocycles. The summed E-state index contributed by atoms with van der Waals surface area (Å²) in [7, 11) is 0. The van der Waals surface area contributed by atoms with E-state index in [0.29, 0.717) is 36.7 Å². The molecule has 0 saturated heterocycles. The van der Waals surface area contributed by atoms with E-state index in [2.05, 4.69) is 65.5 Å². The lowest BCUT2D eigenvalue weighted by Gasteiger charge is -2.40. The van der Waals surface area contributed by atoms with Crippen molar-refractivity contribution in [2.45, 2.75) is 77.4 Å². The van der Waals surface area contributed by atoms with Crippen molar-refractivity contribution in [2.24, 2.45) is 5.41 Å². The number of hydrogen-bond donors (Lipinski definition) is 3. The molecular weight excluding hydrogens is 412 g/mol. The molecule has 1 aromatic carbocycles. The van der Waals surface area contributed by atoms with E-state index in [9.17, 15) is 9.90 Å². The summed E-state index contributed by atoms with van der Waals surface area (Å²) in [5.74, 6) is 4.01. The lowest BCUT2D eigenvalue weighted by Crippen LogP contribution is -2.41. The standard InChI is InChI=1S/C27H34N4O2/c1-5-17-7-8-19-14-23(32)21(22(19)13-17)11-12-28-26-29-16-18(6-2)25(31-26)30-20-9-10-24(33)27(3,4)15-20/h2,7-8,13,16,20-21,24,33H,5,9-12,14-15H2,1,3-4H3,(H2,28,29,30,31)/t20-,21?,24+/m1/s1. The van der Waals surface area contributed by atoms with Gasteiger partial charge in [0.15, 0.2) is 0 Å². The molecule has 0 spiro atoms. The second-order valence-electron chi connectivity index (χ2n) is 10.0. The Balaban J connectivity index is 1.41. The lowest BCUT2D eigenvalue weighted by atomic mass is 9.73. The molecule has 3 atom stereocenters. The fourth-order valence-electron chi connectivity index (χ4n) is 5.10. The van der Waals surface area contributed by atoms with E-state index in [1.165, 1.54) is 11.1 Å². The van der Waals surface area contributed by atoms with Crippen LogP contribution in [0.1, 0.15) is 74.6 Å². The number of carbonyl (C=O) groups excluding carboxylic acids is 1. The summed E-state index contributed by atoms with van der Waals surface area (Å²) < 4.78 is 0. The maximum absolute atomic E-state index is 12.6. The van der Waals surface area contributed by atoms with Crippen molar-refractivity contribution >= 4 is 17.5 Å². The molecule has 6 nitrogen and oxygen atoms in total. The van der Waals surface area contributed by atoms with Crippen LogP contribution in [0.2, 0.25) is 0 Å². The number of hydrogen-bond acceptors (Lipinski definition) is 6. The minimum absolute atomic E-state index is 0.0718. The largest absolute Gasteiger partial charge is 0.393 e. The second-order valence-corrected chi connectivity index (χ2v) is 10.0. The average molecular weight is 447 g/mol. The fraction of sp³-hybridized carbons (Fsp3) is 0.519. The molecule has 2 aliphatic rings. The summed E-state index contributed by atoms with van der Waals surface area (Å²) >= 11 is 0. The van der Waals surface area contributed by atoms with Crippen LogP contribution in [0.5, 0.6) is 0 Å². The van der Waals surface area contributed by atoms with Gasteiger partial charge in [0.2, 0.25) is 5.95 Å². The van der Waals surface area contributed by atoms with Gasteiger partial charge in [-0.2, -0.15) is 4.98 Å². The highest BCUT2D eigenvalue weighted by molar-refractivity contribution is 5.92. The topological polar surface area (TPSA) is 87.1 Å². The van der Waals surface area contributed by atoms with Crippen LogP contribution >= 0.6 is 0 Å². The van der Waals surface area contributed by atoms with Crippen LogP contribution < -0.4 is 10.6 Å². The molecule has 1 saturated carbocycles. The number of Topliss-reactive ketones (excluding diaryl/α,β-unsaturated/α-hetero) is 1. The summed E-state index contributed by atoms with van der Waals surface area (Å²) in [6, 6.07) is 6.60. The molecule has 174 valence electrons. The maximum atomic E-state index is 12.6. The van der Waals surface area contributed by atoms with E-state index >= 15 is 0 Å². The number of aryl methyl sites for hydroxylation is 1. The van der Waals surface area contributed by atoms with Crippen LogP contribution in [-0.2, 0) is 17.6 Å². The van der Waals surface area contributed by atoms with Gasteiger partial charge in [-0.05, 0) is 54.2 Å². The smallest absolute Gasteiger partial charge is 0.224 e. The highest BCUT2D eigenvalue weighted by Crippen LogP contribution is 2.37. The molecule has 2 aromatic rings. The first-order valence-corrected chi connectivity index (χ1v) is 12.0. The minimum Gasteiger partial charge on any atom is -0.393 e. The number of benzene rings is 1. The molecule has 3 N–H and O–H groups in total. The number of nitrogens with zero attached hydrogens (tertiary/aromatic N) is 2. The van der Waals surface area contributed by atoms with Gasteiger partial charge in [-0.3, -0.25) is 4.79 Å². The fourth-order valence-corrected chi connectivity index (χ4v) is 5.10. The molecule has 6 heteroatoms. The van der Waals surface area contributed by atoms with E-state index in [0.717, 1.165) is 31.2 Å². The van der Waals surface area contributed by atoms with Crippen molar-refractivity contribution in [1.29, 1.82) is 0 Å². The number of nitrogens with one attached hydrogen (secondary N) is 2. The summed E-state index contributed by atoms with van der Waals surface area (Å²) in [6.07, 6.45) is 11.7. The first kappa shape index (κ1) is 23.3. The normalized spacial score (nSPS) is 23.6. The molecule has 1 aromatic heterocycles. The highest BCUT2D eigenvalue weighted by Gasteiger charge is 2.36. The summed E-state index contributed by atoms with van der Waals surface area (Å²) in [4.78, 5) is 21.6. The van der Waals surface area contributed by atoms with E-state index < -0.39 is 0 Å². The Morgan fingerprint density at radius 3 is 2.85 bits per heavy atom. The molecule has 33 heavy (non-hydrogen) atoms. The molecule has 4 rings (SSSR count). The maximum Gasteiger partial charge on any atom is 0.224 e. The number of anilines is 2. The predicted molar refractivity (Wildman–Crippen MR) is 131 cm³/mol. The zero-order chi connectivity index (χ0) is 23.6. The van der Waals surface area contributed by atoms with Gasteiger partial charge in [0.1, 0.15) is 11.6 Å². The van der Waals surface area contributed by atoms with Gasteiger partial charge in [-0.15, -0.1) is 6.42 Å². The zero-order valence-corrected chi connectivity index (χ0v) is 19.8. The lowest BCUT2D eigenvalue weighted by molar-refractivity contribution is -0.119. The van der Waals surface area contributed by atoms with Crippen LogP contribution in [0.3, 0.4) is 0 Å².